The number of rotatable bonds is 4. The number of aryl methyl sites for hydroxylation is 1. The molecular weight excluding hydrogens is 264 g/mol. The molecule has 0 N–H and O–H groups in total. The molecule has 0 aliphatic heterocycles. The highest BCUT2D eigenvalue weighted by molar-refractivity contribution is 6.14. The molecule has 0 unspecified atom stereocenters. The molecule has 0 amide bonds. The van der Waals surface area contributed by atoms with Crippen molar-refractivity contribution in [2.45, 2.75) is 39.7 Å². The molecule has 2 rings (SSSR count). The summed E-state index contributed by atoms with van der Waals surface area (Å²) in [6, 6.07) is 7.50. The van der Waals surface area contributed by atoms with E-state index in [2.05, 4.69) is 6.58 Å². The number of carbonyl (C=O) groups excluding carboxylic acids is 2. The van der Waals surface area contributed by atoms with Crippen LogP contribution in [0.25, 0.3) is 0 Å². The van der Waals surface area contributed by atoms with Gasteiger partial charge in [0.25, 0.3) is 0 Å². The molecule has 0 aromatic heterocycles. The molecule has 0 radical (unpaired) electrons. The first-order valence-electron chi connectivity index (χ1n) is 7.39. The number of Topliss-reactive ketones (excluding diaryl/α,β-unsaturated/α-hetero) is 1. The van der Waals surface area contributed by atoms with E-state index in [1.165, 1.54) is 0 Å². The van der Waals surface area contributed by atoms with Crippen molar-refractivity contribution in [2.75, 3.05) is 0 Å². The van der Waals surface area contributed by atoms with Gasteiger partial charge in [-0.25, -0.2) is 0 Å². The predicted molar refractivity (Wildman–Crippen MR) is 82.1 cm³/mol. The van der Waals surface area contributed by atoms with Gasteiger partial charge >= 0.3 is 5.97 Å². The SMILES string of the molecule is C=C[C@H](C)[C@@]1(C(=O)OC(C)C)CCc2ccccc2C1=O. The molecule has 0 saturated heterocycles. The first kappa shape index (κ1) is 15.5. The molecule has 0 spiro atoms. The molecular formula is C18H22O3. The summed E-state index contributed by atoms with van der Waals surface area (Å²) in [6.45, 7) is 9.23. The van der Waals surface area contributed by atoms with Crippen LogP contribution in [-0.4, -0.2) is 17.9 Å². The maximum Gasteiger partial charge on any atom is 0.320 e. The van der Waals surface area contributed by atoms with Crippen molar-refractivity contribution < 1.29 is 14.3 Å². The van der Waals surface area contributed by atoms with Crippen molar-refractivity contribution in [1.82, 2.24) is 0 Å². The van der Waals surface area contributed by atoms with Crippen LogP contribution in [-0.2, 0) is 16.0 Å². The van der Waals surface area contributed by atoms with Gasteiger partial charge in [0, 0.05) is 5.56 Å². The van der Waals surface area contributed by atoms with Gasteiger partial charge < -0.3 is 4.74 Å². The van der Waals surface area contributed by atoms with Gasteiger partial charge in [-0.3, -0.25) is 9.59 Å². The summed E-state index contributed by atoms with van der Waals surface area (Å²) >= 11 is 0. The molecule has 21 heavy (non-hydrogen) atoms. The van der Waals surface area contributed by atoms with Crippen LogP contribution in [0.3, 0.4) is 0 Å². The van der Waals surface area contributed by atoms with Crippen LogP contribution in [0.4, 0.5) is 0 Å². The van der Waals surface area contributed by atoms with Crippen LogP contribution in [0.1, 0.15) is 43.1 Å². The second-order valence-electron chi connectivity index (χ2n) is 5.94. The average molecular weight is 286 g/mol. The highest BCUT2D eigenvalue weighted by Gasteiger charge is 2.53. The van der Waals surface area contributed by atoms with Gasteiger partial charge in [0.05, 0.1) is 6.10 Å². The van der Waals surface area contributed by atoms with Crippen LogP contribution in [0.15, 0.2) is 36.9 Å². The number of hydrogen-bond acceptors (Lipinski definition) is 3. The number of esters is 1. The Morgan fingerprint density at radius 1 is 1.33 bits per heavy atom. The van der Waals surface area contributed by atoms with E-state index >= 15 is 0 Å². The molecule has 3 nitrogen and oxygen atoms in total. The second-order valence-corrected chi connectivity index (χ2v) is 5.94. The highest BCUT2D eigenvalue weighted by atomic mass is 16.5. The molecule has 0 heterocycles. The fraction of sp³-hybridized carbons (Fsp3) is 0.444. The summed E-state index contributed by atoms with van der Waals surface area (Å²) in [4.78, 5) is 25.7. The van der Waals surface area contributed by atoms with Crippen LogP contribution >= 0.6 is 0 Å². The number of ether oxygens (including phenoxy) is 1. The van der Waals surface area contributed by atoms with Gasteiger partial charge in [-0.15, -0.1) is 6.58 Å². The van der Waals surface area contributed by atoms with E-state index in [1.54, 1.807) is 26.0 Å². The van der Waals surface area contributed by atoms with Crippen LogP contribution in [0, 0.1) is 11.3 Å². The Bertz CT molecular complexity index is 574. The fourth-order valence-electron chi connectivity index (χ4n) is 2.98. The lowest BCUT2D eigenvalue weighted by atomic mass is 9.64. The van der Waals surface area contributed by atoms with Crippen LogP contribution in [0.2, 0.25) is 0 Å². The third kappa shape index (κ3) is 2.53. The summed E-state index contributed by atoms with van der Waals surface area (Å²) < 4.78 is 5.39. The lowest BCUT2D eigenvalue weighted by molar-refractivity contribution is -0.159. The van der Waals surface area contributed by atoms with Gasteiger partial charge in [0.15, 0.2) is 5.78 Å². The zero-order valence-corrected chi connectivity index (χ0v) is 12.9. The van der Waals surface area contributed by atoms with Gasteiger partial charge in [-0.05, 0) is 38.2 Å². The first-order chi connectivity index (χ1) is 9.93. The Morgan fingerprint density at radius 3 is 2.62 bits per heavy atom. The maximum absolute atomic E-state index is 13.0. The Kier molecular flexibility index (Phi) is 4.31. The number of ketones is 1. The Labute approximate surface area is 126 Å². The minimum absolute atomic E-state index is 0.137. The zero-order valence-electron chi connectivity index (χ0n) is 12.9. The van der Waals surface area contributed by atoms with E-state index in [-0.39, 0.29) is 17.8 Å². The predicted octanol–water partition coefficient (Wildman–Crippen LogP) is 3.58. The minimum Gasteiger partial charge on any atom is -0.462 e. The van der Waals surface area contributed by atoms with Crippen molar-refractivity contribution in [1.29, 1.82) is 0 Å². The summed E-state index contributed by atoms with van der Waals surface area (Å²) in [5, 5.41) is 0. The number of allylic oxidation sites excluding steroid dienone is 1. The summed E-state index contributed by atoms with van der Waals surface area (Å²) in [7, 11) is 0. The topological polar surface area (TPSA) is 43.4 Å². The van der Waals surface area contributed by atoms with Crippen LogP contribution < -0.4 is 0 Å². The third-order valence-electron chi connectivity index (χ3n) is 4.29. The summed E-state index contributed by atoms with van der Waals surface area (Å²) in [5.41, 5.74) is 0.505. The monoisotopic (exact) mass is 286 g/mol. The van der Waals surface area contributed by atoms with Gasteiger partial charge in [-0.1, -0.05) is 37.3 Å². The Hall–Kier alpha value is -1.90. The normalized spacial score (nSPS) is 22.6. The van der Waals surface area contributed by atoms with Crippen molar-refractivity contribution >= 4 is 11.8 Å². The Morgan fingerprint density at radius 2 is 2.00 bits per heavy atom. The van der Waals surface area contributed by atoms with E-state index < -0.39 is 11.4 Å². The summed E-state index contributed by atoms with van der Waals surface area (Å²) in [5.74, 6) is -0.823. The van der Waals surface area contributed by atoms with E-state index in [1.807, 2.05) is 25.1 Å². The lowest BCUT2D eigenvalue weighted by Crippen LogP contribution is -2.48. The molecule has 1 aromatic rings. The molecule has 1 aliphatic carbocycles. The molecule has 0 fully saturated rings. The molecule has 3 heteroatoms. The molecule has 1 aromatic carbocycles. The summed E-state index contributed by atoms with van der Waals surface area (Å²) in [6.07, 6.45) is 2.61. The highest BCUT2D eigenvalue weighted by Crippen LogP contribution is 2.43. The molecule has 112 valence electrons. The number of benzene rings is 1. The zero-order chi connectivity index (χ0) is 15.6. The largest absolute Gasteiger partial charge is 0.462 e. The van der Waals surface area contributed by atoms with E-state index in [0.717, 1.165) is 5.56 Å². The molecule has 0 bridgehead atoms. The number of carbonyl (C=O) groups is 2. The average Bonchev–Trinajstić information content (AvgIpc) is 2.46. The quantitative estimate of drug-likeness (QED) is 0.483. The number of fused-ring (bicyclic) bond motifs is 1. The van der Waals surface area contributed by atoms with E-state index in [0.29, 0.717) is 18.4 Å². The lowest BCUT2D eigenvalue weighted by Gasteiger charge is -2.38. The second kappa shape index (κ2) is 5.84. The number of hydrogen-bond donors (Lipinski definition) is 0. The standard InChI is InChI=1S/C18H22O3/c1-5-13(4)18(17(20)21-12(2)3)11-10-14-8-6-7-9-15(14)16(18)19/h5-9,12-13H,1,10-11H2,2-4H3/t13-,18-/m0/s1. The molecule has 2 atom stereocenters. The van der Waals surface area contributed by atoms with Gasteiger partial charge in [0.1, 0.15) is 5.41 Å². The minimum atomic E-state index is -1.14. The van der Waals surface area contributed by atoms with Crippen molar-refractivity contribution in [3.63, 3.8) is 0 Å². The maximum atomic E-state index is 13.0. The first-order valence-corrected chi connectivity index (χ1v) is 7.39. The van der Waals surface area contributed by atoms with Crippen molar-refractivity contribution in [3.8, 4) is 0 Å². The van der Waals surface area contributed by atoms with Crippen molar-refractivity contribution in [3.05, 3.63) is 48.0 Å². The van der Waals surface area contributed by atoms with Crippen molar-refractivity contribution in [2.24, 2.45) is 11.3 Å². The van der Waals surface area contributed by atoms with Gasteiger partial charge in [-0.2, -0.15) is 0 Å². The van der Waals surface area contributed by atoms with E-state index in [9.17, 15) is 9.59 Å². The van der Waals surface area contributed by atoms with Crippen LogP contribution in [0.5, 0.6) is 0 Å². The van der Waals surface area contributed by atoms with E-state index in [4.69, 9.17) is 4.74 Å². The molecule has 1 aliphatic rings. The fourth-order valence-corrected chi connectivity index (χ4v) is 2.98. The van der Waals surface area contributed by atoms with Gasteiger partial charge in [0.2, 0.25) is 0 Å². The Balaban J connectivity index is 2.50. The third-order valence-corrected chi connectivity index (χ3v) is 4.29. The molecule has 0 saturated carbocycles. The smallest absolute Gasteiger partial charge is 0.320 e.